The molecule has 0 spiro atoms. The molecule has 150 valence electrons. The Morgan fingerprint density at radius 1 is 1.17 bits per heavy atom. The molecule has 1 amide bonds. The zero-order valence-electron chi connectivity index (χ0n) is 16.5. The van der Waals surface area contributed by atoms with Crippen molar-refractivity contribution in [3.8, 4) is 0 Å². The third-order valence-electron chi connectivity index (χ3n) is 5.72. The Hall–Kier alpha value is -2.99. The van der Waals surface area contributed by atoms with E-state index in [0.29, 0.717) is 11.4 Å². The highest BCUT2D eigenvalue weighted by Gasteiger charge is 2.58. The second-order valence-corrected chi connectivity index (χ2v) is 7.75. The Labute approximate surface area is 169 Å². The lowest BCUT2D eigenvalue weighted by molar-refractivity contribution is -0.160. The first kappa shape index (κ1) is 19.3. The van der Waals surface area contributed by atoms with Gasteiger partial charge in [0.25, 0.3) is 5.91 Å². The number of hydrogen-bond donors (Lipinski definition) is 1. The number of para-hydroxylation sites is 1. The van der Waals surface area contributed by atoms with Gasteiger partial charge in [-0.1, -0.05) is 48.5 Å². The van der Waals surface area contributed by atoms with Gasteiger partial charge < -0.3 is 9.84 Å². The largest absolute Gasteiger partial charge is 0.466 e. The predicted molar refractivity (Wildman–Crippen MR) is 109 cm³/mol. The number of carbonyl (C=O) groups excluding carboxylic acids is 2. The van der Waals surface area contributed by atoms with E-state index < -0.39 is 29.3 Å². The number of carbonyl (C=O) groups is 2. The summed E-state index contributed by atoms with van der Waals surface area (Å²) in [6.45, 7) is 3.57. The molecule has 1 aliphatic carbocycles. The fourth-order valence-electron chi connectivity index (χ4n) is 4.52. The van der Waals surface area contributed by atoms with Crippen molar-refractivity contribution >= 4 is 23.3 Å². The van der Waals surface area contributed by atoms with Gasteiger partial charge in [0.15, 0.2) is 0 Å². The minimum Gasteiger partial charge on any atom is -0.466 e. The number of amides is 1. The van der Waals surface area contributed by atoms with Crippen molar-refractivity contribution in [2.45, 2.75) is 31.8 Å². The quantitative estimate of drug-likeness (QED) is 0.811. The van der Waals surface area contributed by atoms with E-state index in [1.54, 1.807) is 13.8 Å². The van der Waals surface area contributed by atoms with Crippen molar-refractivity contribution in [1.29, 1.82) is 0 Å². The summed E-state index contributed by atoms with van der Waals surface area (Å²) in [7, 11) is 0. The fraction of sp³-hybridized carbons (Fsp3) is 0.348. The van der Waals surface area contributed by atoms with Gasteiger partial charge in [0.2, 0.25) is 0 Å². The van der Waals surface area contributed by atoms with Crippen LogP contribution < -0.4 is 5.01 Å². The van der Waals surface area contributed by atoms with Crippen LogP contribution in [0.1, 0.15) is 31.7 Å². The molecule has 0 saturated heterocycles. The molecule has 1 aliphatic heterocycles. The van der Waals surface area contributed by atoms with Gasteiger partial charge in [-0.2, -0.15) is 5.10 Å². The molecule has 1 fully saturated rings. The maximum Gasteiger partial charge on any atom is 0.312 e. The van der Waals surface area contributed by atoms with Crippen molar-refractivity contribution in [2.24, 2.45) is 16.9 Å². The van der Waals surface area contributed by atoms with Gasteiger partial charge in [0, 0.05) is 12.3 Å². The normalized spacial score (nSPS) is 28.7. The first-order chi connectivity index (χ1) is 13.9. The number of benzene rings is 2. The summed E-state index contributed by atoms with van der Waals surface area (Å²) in [6.07, 6.45) is 0.138. The van der Waals surface area contributed by atoms with E-state index in [-0.39, 0.29) is 18.9 Å². The van der Waals surface area contributed by atoms with Crippen LogP contribution in [0.5, 0.6) is 0 Å². The highest BCUT2D eigenvalue weighted by Crippen LogP contribution is 2.49. The summed E-state index contributed by atoms with van der Waals surface area (Å²) in [6, 6.07) is 18.6. The Kier molecular flexibility index (Phi) is 4.96. The molecule has 6 nitrogen and oxygen atoms in total. The zero-order valence-corrected chi connectivity index (χ0v) is 16.5. The highest BCUT2D eigenvalue weighted by atomic mass is 16.5. The second-order valence-electron chi connectivity index (χ2n) is 7.75. The SMILES string of the molecule is CCOC(=O)C1C(c2ccccc2)C2C(=O)N(c3ccccc3)N=C2CC1(C)O. The van der Waals surface area contributed by atoms with Crippen LogP contribution in [0, 0.1) is 11.8 Å². The number of aliphatic hydroxyl groups is 1. The number of nitrogens with zero attached hydrogens (tertiary/aromatic N) is 2. The van der Waals surface area contributed by atoms with Crippen molar-refractivity contribution in [3.05, 3.63) is 66.2 Å². The monoisotopic (exact) mass is 392 g/mol. The van der Waals surface area contributed by atoms with Crippen LogP contribution in [-0.4, -0.2) is 34.9 Å². The second kappa shape index (κ2) is 7.44. The van der Waals surface area contributed by atoms with Crippen LogP contribution in [0.3, 0.4) is 0 Å². The third-order valence-corrected chi connectivity index (χ3v) is 5.72. The summed E-state index contributed by atoms with van der Waals surface area (Å²) in [5.74, 6) is -2.72. The van der Waals surface area contributed by atoms with Gasteiger partial charge in [-0.05, 0) is 31.5 Å². The van der Waals surface area contributed by atoms with Gasteiger partial charge in [0.05, 0.1) is 35.4 Å². The van der Waals surface area contributed by atoms with Crippen molar-refractivity contribution < 1.29 is 19.4 Å². The van der Waals surface area contributed by atoms with Crippen LogP contribution in [0.4, 0.5) is 5.69 Å². The maximum atomic E-state index is 13.4. The van der Waals surface area contributed by atoms with Gasteiger partial charge in [-0.25, -0.2) is 5.01 Å². The Morgan fingerprint density at radius 3 is 2.41 bits per heavy atom. The molecule has 2 aromatic rings. The van der Waals surface area contributed by atoms with Gasteiger partial charge in [-0.15, -0.1) is 0 Å². The minimum atomic E-state index is -1.38. The van der Waals surface area contributed by atoms with Gasteiger partial charge in [-0.3, -0.25) is 9.59 Å². The lowest BCUT2D eigenvalue weighted by atomic mass is 9.61. The molecule has 1 N–H and O–H groups in total. The van der Waals surface area contributed by atoms with Crippen molar-refractivity contribution in [2.75, 3.05) is 11.6 Å². The van der Waals surface area contributed by atoms with E-state index in [9.17, 15) is 14.7 Å². The summed E-state index contributed by atoms with van der Waals surface area (Å²) in [4.78, 5) is 26.3. The Bertz CT molecular complexity index is 940. The standard InChI is InChI=1S/C23H24N2O4/c1-3-29-22(27)20-18(15-10-6-4-7-11-15)19-17(14-23(20,2)28)24-25(21(19)26)16-12-8-5-9-13-16/h4-13,18-20,28H,3,14H2,1-2H3. The molecule has 1 heterocycles. The third kappa shape index (κ3) is 3.34. The average Bonchev–Trinajstić information content (AvgIpc) is 3.03. The van der Waals surface area contributed by atoms with E-state index in [2.05, 4.69) is 5.10 Å². The summed E-state index contributed by atoms with van der Waals surface area (Å²) >= 11 is 0. The van der Waals surface area contributed by atoms with Crippen LogP contribution in [0.25, 0.3) is 0 Å². The van der Waals surface area contributed by atoms with Crippen LogP contribution >= 0.6 is 0 Å². The van der Waals surface area contributed by atoms with Gasteiger partial charge >= 0.3 is 5.97 Å². The fourth-order valence-corrected chi connectivity index (χ4v) is 4.52. The van der Waals surface area contributed by atoms with Crippen molar-refractivity contribution in [3.63, 3.8) is 0 Å². The number of rotatable bonds is 4. The highest BCUT2D eigenvalue weighted by molar-refractivity contribution is 6.17. The van der Waals surface area contributed by atoms with E-state index in [1.807, 2.05) is 60.7 Å². The first-order valence-corrected chi connectivity index (χ1v) is 9.84. The molecule has 2 aliphatic rings. The molecular formula is C23H24N2O4. The summed E-state index contributed by atoms with van der Waals surface area (Å²) < 4.78 is 5.30. The van der Waals surface area contributed by atoms with E-state index >= 15 is 0 Å². The average molecular weight is 392 g/mol. The molecule has 6 heteroatoms. The molecule has 29 heavy (non-hydrogen) atoms. The van der Waals surface area contributed by atoms with Crippen LogP contribution in [0.2, 0.25) is 0 Å². The maximum absolute atomic E-state index is 13.4. The number of fused-ring (bicyclic) bond motifs is 1. The molecule has 0 aromatic heterocycles. The molecule has 4 atom stereocenters. The smallest absolute Gasteiger partial charge is 0.312 e. The first-order valence-electron chi connectivity index (χ1n) is 9.84. The number of hydrogen-bond acceptors (Lipinski definition) is 5. The molecule has 0 radical (unpaired) electrons. The zero-order chi connectivity index (χ0) is 20.6. The van der Waals surface area contributed by atoms with Crippen molar-refractivity contribution in [1.82, 2.24) is 0 Å². The Balaban J connectivity index is 1.82. The minimum absolute atomic E-state index is 0.138. The van der Waals surface area contributed by atoms with E-state index in [4.69, 9.17) is 4.74 Å². The number of anilines is 1. The predicted octanol–water partition coefficient (Wildman–Crippen LogP) is 3.12. The molecule has 2 aromatic carbocycles. The lowest BCUT2D eigenvalue weighted by Gasteiger charge is -2.43. The molecule has 4 unspecified atom stereocenters. The lowest BCUT2D eigenvalue weighted by Crippen LogP contribution is -2.54. The number of hydrazone groups is 1. The van der Waals surface area contributed by atoms with E-state index in [0.717, 1.165) is 5.56 Å². The molecule has 0 bridgehead atoms. The molecule has 1 saturated carbocycles. The van der Waals surface area contributed by atoms with Crippen LogP contribution in [-0.2, 0) is 14.3 Å². The summed E-state index contributed by atoms with van der Waals surface area (Å²) in [5.41, 5.74) is 0.693. The van der Waals surface area contributed by atoms with Gasteiger partial charge in [0.1, 0.15) is 0 Å². The van der Waals surface area contributed by atoms with E-state index in [1.165, 1.54) is 5.01 Å². The molecular weight excluding hydrogens is 368 g/mol. The molecule has 4 rings (SSSR count). The van der Waals surface area contributed by atoms with Crippen LogP contribution in [0.15, 0.2) is 65.8 Å². The summed E-state index contributed by atoms with van der Waals surface area (Å²) in [5, 5.41) is 17.2. The number of esters is 1. The Morgan fingerprint density at radius 2 is 1.79 bits per heavy atom. The number of ether oxygens (including phenoxy) is 1. The topological polar surface area (TPSA) is 79.2 Å².